The molecule has 1 fully saturated rings. The van der Waals surface area contributed by atoms with E-state index in [0.717, 1.165) is 18.7 Å². The molecule has 6 nitrogen and oxygen atoms in total. The minimum atomic E-state index is -0.377. The molecule has 1 atom stereocenters. The molecule has 0 aromatic carbocycles. The van der Waals surface area contributed by atoms with E-state index in [-0.39, 0.29) is 12.0 Å². The van der Waals surface area contributed by atoms with Gasteiger partial charge in [-0.15, -0.1) is 0 Å². The Bertz CT molecular complexity index is 433. The van der Waals surface area contributed by atoms with Crippen LogP contribution in [0.5, 0.6) is 0 Å². The Morgan fingerprint density at radius 2 is 2.33 bits per heavy atom. The van der Waals surface area contributed by atoms with Gasteiger partial charge in [-0.3, -0.25) is 9.78 Å². The maximum atomic E-state index is 12.6. The van der Waals surface area contributed by atoms with Crippen LogP contribution in [0, 0.1) is 0 Å². The number of pyridine rings is 1. The lowest BCUT2D eigenvalue weighted by Gasteiger charge is -2.30. The highest BCUT2D eigenvalue weighted by atomic mass is 16.5. The summed E-state index contributed by atoms with van der Waals surface area (Å²) in [6, 6.07) is 3.88. The van der Waals surface area contributed by atoms with E-state index in [1.165, 1.54) is 0 Å². The standard InChI is InChI=1S/C15H24N4O2/c1-18(2)7-8-19(12-13-4-3-5-16-10-13)15(20)14-11-17-6-9-21-14/h3-5,10,14,17H,6-9,11-12H2,1-2H3. The molecule has 0 bridgehead atoms. The molecular weight excluding hydrogens is 268 g/mol. The highest BCUT2D eigenvalue weighted by Crippen LogP contribution is 2.08. The Labute approximate surface area is 126 Å². The second kappa shape index (κ2) is 8.07. The molecule has 1 aliphatic heterocycles. The van der Waals surface area contributed by atoms with E-state index in [1.54, 1.807) is 12.4 Å². The molecule has 1 amide bonds. The Morgan fingerprint density at radius 3 is 2.95 bits per heavy atom. The van der Waals surface area contributed by atoms with E-state index in [1.807, 2.05) is 31.1 Å². The second-order valence-corrected chi connectivity index (χ2v) is 5.49. The van der Waals surface area contributed by atoms with Crippen LogP contribution in [-0.4, -0.2) is 73.7 Å². The van der Waals surface area contributed by atoms with Crippen molar-refractivity contribution in [3.05, 3.63) is 30.1 Å². The van der Waals surface area contributed by atoms with Crippen molar-refractivity contribution in [3.8, 4) is 0 Å². The molecule has 0 saturated carbocycles. The zero-order valence-corrected chi connectivity index (χ0v) is 12.8. The smallest absolute Gasteiger partial charge is 0.253 e. The average molecular weight is 292 g/mol. The number of nitrogens with zero attached hydrogens (tertiary/aromatic N) is 3. The minimum Gasteiger partial charge on any atom is -0.366 e. The van der Waals surface area contributed by atoms with Crippen molar-refractivity contribution in [1.29, 1.82) is 0 Å². The zero-order chi connectivity index (χ0) is 15.1. The lowest BCUT2D eigenvalue weighted by atomic mass is 10.2. The van der Waals surface area contributed by atoms with Gasteiger partial charge in [-0.1, -0.05) is 6.07 Å². The normalized spacial score (nSPS) is 18.7. The monoisotopic (exact) mass is 292 g/mol. The molecular formula is C15H24N4O2. The maximum absolute atomic E-state index is 12.6. The van der Waals surface area contributed by atoms with Crippen molar-refractivity contribution in [3.63, 3.8) is 0 Å². The highest BCUT2D eigenvalue weighted by Gasteiger charge is 2.26. The summed E-state index contributed by atoms with van der Waals surface area (Å²) in [5, 5.41) is 3.20. The number of ether oxygens (including phenoxy) is 1. The molecule has 116 valence electrons. The molecule has 1 aromatic rings. The molecule has 0 spiro atoms. The number of carbonyl (C=O) groups excluding carboxylic acids is 1. The summed E-state index contributed by atoms with van der Waals surface area (Å²) >= 11 is 0. The summed E-state index contributed by atoms with van der Waals surface area (Å²) in [7, 11) is 4.01. The largest absolute Gasteiger partial charge is 0.366 e. The summed E-state index contributed by atoms with van der Waals surface area (Å²) < 4.78 is 5.58. The van der Waals surface area contributed by atoms with Crippen molar-refractivity contribution < 1.29 is 9.53 Å². The summed E-state index contributed by atoms with van der Waals surface area (Å²) in [6.07, 6.45) is 3.16. The Balaban J connectivity index is 2.01. The Kier molecular flexibility index (Phi) is 6.10. The van der Waals surface area contributed by atoms with Gasteiger partial charge in [0.15, 0.2) is 0 Å². The molecule has 1 unspecified atom stereocenters. The summed E-state index contributed by atoms with van der Waals surface area (Å²) in [4.78, 5) is 20.7. The van der Waals surface area contributed by atoms with E-state index in [2.05, 4.69) is 15.2 Å². The lowest BCUT2D eigenvalue weighted by molar-refractivity contribution is -0.146. The van der Waals surface area contributed by atoms with Crippen LogP contribution in [0.15, 0.2) is 24.5 Å². The van der Waals surface area contributed by atoms with E-state index >= 15 is 0 Å². The fourth-order valence-corrected chi connectivity index (χ4v) is 2.23. The summed E-state index contributed by atoms with van der Waals surface area (Å²) in [5.41, 5.74) is 1.04. The van der Waals surface area contributed by atoms with Crippen molar-refractivity contribution in [1.82, 2.24) is 20.1 Å². The van der Waals surface area contributed by atoms with Gasteiger partial charge < -0.3 is 19.9 Å². The van der Waals surface area contributed by atoms with Gasteiger partial charge in [-0.05, 0) is 25.7 Å². The van der Waals surface area contributed by atoms with Crippen LogP contribution in [0.2, 0.25) is 0 Å². The lowest BCUT2D eigenvalue weighted by Crippen LogP contribution is -2.50. The molecule has 0 radical (unpaired) electrons. The van der Waals surface area contributed by atoms with E-state index in [4.69, 9.17) is 4.74 Å². The maximum Gasteiger partial charge on any atom is 0.253 e. The fourth-order valence-electron chi connectivity index (χ4n) is 2.23. The van der Waals surface area contributed by atoms with Crippen LogP contribution in [0.25, 0.3) is 0 Å². The first-order valence-electron chi connectivity index (χ1n) is 7.31. The third-order valence-corrected chi connectivity index (χ3v) is 3.43. The quantitative estimate of drug-likeness (QED) is 0.797. The third kappa shape index (κ3) is 5.08. The predicted molar refractivity (Wildman–Crippen MR) is 80.8 cm³/mol. The van der Waals surface area contributed by atoms with Gasteiger partial charge in [-0.25, -0.2) is 0 Å². The first-order chi connectivity index (χ1) is 10.2. The minimum absolute atomic E-state index is 0.0490. The van der Waals surface area contributed by atoms with Gasteiger partial charge in [0.25, 0.3) is 5.91 Å². The van der Waals surface area contributed by atoms with Crippen LogP contribution >= 0.6 is 0 Å². The molecule has 1 aromatic heterocycles. The van der Waals surface area contributed by atoms with Crippen LogP contribution < -0.4 is 5.32 Å². The van der Waals surface area contributed by atoms with Gasteiger partial charge in [-0.2, -0.15) is 0 Å². The number of likely N-dealkylation sites (N-methyl/N-ethyl adjacent to an activating group) is 1. The summed E-state index contributed by atoms with van der Waals surface area (Å²) in [6.45, 7) is 4.06. The SMILES string of the molecule is CN(C)CCN(Cc1cccnc1)C(=O)C1CNCCO1. The van der Waals surface area contributed by atoms with Crippen molar-refractivity contribution in [2.75, 3.05) is 46.9 Å². The number of hydrogen-bond acceptors (Lipinski definition) is 5. The molecule has 21 heavy (non-hydrogen) atoms. The number of morpholine rings is 1. The first kappa shape index (κ1) is 15.9. The van der Waals surface area contributed by atoms with Crippen molar-refractivity contribution in [2.45, 2.75) is 12.6 Å². The second-order valence-electron chi connectivity index (χ2n) is 5.49. The zero-order valence-electron chi connectivity index (χ0n) is 12.8. The molecule has 1 saturated heterocycles. The number of amides is 1. The number of nitrogens with one attached hydrogen (secondary N) is 1. The Hall–Kier alpha value is -1.50. The number of rotatable bonds is 6. The molecule has 6 heteroatoms. The van der Waals surface area contributed by atoms with Gasteiger partial charge in [0.2, 0.25) is 0 Å². The number of aromatic nitrogens is 1. The highest BCUT2D eigenvalue weighted by molar-refractivity contribution is 5.81. The number of carbonyl (C=O) groups is 1. The van der Waals surface area contributed by atoms with Crippen molar-refractivity contribution >= 4 is 5.91 Å². The van der Waals surface area contributed by atoms with Crippen LogP contribution in [0.1, 0.15) is 5.56 Å². The molecule has 0 aliphatic carbocycles. The van der Waals surface area contributed by atoms with E-state index in [9.17, 15) is 4.79 Å². The van der Waals surface area contributed by atoms with Crippen LogP contribution in [-0.2, 0) is 16.1 Å². The van der Waals surface area contributed by atoms with Crippen LogP contribution in [0.3, 0.4) is 0 Å². The Morgan fingerprint density at radius 1 is 1.48 bits per heavy atom. The first-order valence-corrected chi connectivity index (χ1v) is 7.31. The molecule has 2 rings (SSSR count). The van der Waals surface area contributed by atoms with Gasteiger partial charge in [0.05, 0.1) is 6.61 Å². The van der Waals surface area contributed by atoms with Gasteiger partial charge in [0.1, 0.15) is 6.10 Å². The molecule has 1 N–H and O–H groups in total. The summed E-state index contributed by atoms with van der Waals surface area (Å²) in [5.74, 6) is 0.0490. The topological polar surface area (TPSA) is 57.7 Å². The number of hydrogen-bond donors (Lipinski definition) is 1. The van der Waals surface area contributed by atoms with E-state index in [0.29, 0.717) is 26.2 Å². The third-order valence-electron chi connectivity index (χ3n) is 3.43. The molecule has 1 aliphatic rings. The molecule has 2 heterocycles. The predicted octanol–water partition coefficient (Wildman–Crippen LogP) is -0.0398. The van der Waals surface area contributed by atoms with Crippen molar-refractivity contribution in [2.24, 2.45) is 0 Å². The van der Waals surface area contributed by atoms with Crippen LogP contribution in [0.4, 0.5) is 0 Å². The average Bonchev–Trinajstić information content (AvgIpc) is 2.52. The fraction of sp³-hybridized carbons (Fsp3) is 0.600. The van der Waals surface area contributed by atoms with Gasteiger partial charge >= 0.3 is 0 Å². The van der Waals surface area contributed by atoms with Gasteiger partial charge in [0, 0.05) is 45.1 Å². The van der Waals surface area contributed by atoms with E-state index < -0.39 is 0 Å².